The molecule has 1 atom stereocenters. The molecular formula is C16H16Cl2O4. The zero-order chi connectivity index (χ0) is 16.3. The van der Waals surface area contributed by atoms with Gasteiger partial charge in [-0.3, -0.25) is 4.79 Å². The molecule has 0 saturated heterocycles. The minimum Gasteiger partial charge on any atom is -0.493 e. The summed E-state index contributed by atoms with van der Waals surface area (Å²) in [4.78, 5) is 12.6. The average Bonchev–Trinajstić information content (AvgIpc) is 2.52. The molecular weight excluding hydrogens is 327 g/mol. The highest BCUT2D eigenvalue weighted by molar-refractivity contribution is 6.33. The highest BCUT2D eigenvalue weighted by Gasteiger charge is 2.31. The molecule has 118 valence electrons. The van der Waals surface area contributed by atoms with Gasteiger partial charge >= 0.3 is 0 Å². The number of alkyl halides is 1. The number of hydrogen-bond acceptors (Lipinski definition) is 4. The molecule has 0 aliphatic heterocycles. The second-order valence-corrected chi connectivity index (χ2v) is 5.88. The van der Waals surface area contributed by atoms with E-state index < -0.39 is 5.06 Å². The van der Waals surface area contributed by atoms with Gasteiger partial charge in [0, 0.05) is 29.7 Å². The molecule has 0 saturated carbocycles. The van der Waals surface area contributed by atoms with E-state index in [1.54, 1.807) is 30.4 Å². The van der Waals surface area contributed by atoms with Crippen molar-refractivity contribution in [2.45, 2.75) is 11.5 Å². The van der Waals surface area contributed by atoms with E-state index in [0.717, 1.165) is 0 Å². The smallest absolute Gasteiger partial charge is 0.193 e. The highest BCUT2D eigenvalue weighted by atomic mass is 35.5. The zero-order valence-electron chi connectivity index (χ0n) is 12.5. The lowest BCUT2D eigenvalue weighted by atomic mass is 9.96. The van der Waals surface area contributed by atoms with Crippen LogP contribution in [0.2, 0.25) is 0 Å². The van der Waals surface area contributed by atoms with Gasteiger partial charge in [0.25, 0.3) is 0 Å². The van der Waals surface area contributed by atoms with Gasteiger partial charge in [-0.2, -0.15) is 0 Å². The number of ether oxygens (including phenoxy) is 3. The van der Waals surface area contributed by atoms with Crippen LogP contribution in [-0.4, -0.2) is 32.2 Å². The molecule has 6 heteroatoms. The third-order valence-corrected chi connectivity index (χ3v) is 3.98. The molecule has 1 unspecified atom stereocenters. The number of Topliss-reactive ketones (excluding diaryl/α,β-unsaturated/α-hetero) is 1. The molecule has 2 rings (SSSR count). The number of benzene rings is 1. The van der Waals surface area contributed by atoms with Gasteiger partial charge in [0.2, 0.25) is 0 Å². The van der Waals surface area contributed by atoms with Crippen molar-refractivity contribution in [1.29, 1.82) is 0 Å². The first-order chi connectivity index (χ1) is 10.4. The van der Waals surface area contributed by atoms with Crippen LogP contribution in [0.1, 0.15) is 16.8 Å². The monoisotopic (exact) mass is 342 g/mol. The quantitative estimate of drug-likeness (QED) is 0.600. The van der Waals surface area contributed by atoms with Crippen molar-refractivity contribution in [3.63, 3.8) is 0 Å². The van der Waals surface area contributed by atoms with Gasteiger partial charge in [-0.05, 0) is 30.4 Å². The molecule has 1 aromatic rings. The van der Waals surface area contributed by atoms with Crippen molar-refractivity contribution >= 4 is 29.0 Å². The van der Waals surface area contributed by atoms with Crippen LogP contribution < -0.4 is 9.47 Å². The number of ketones is 1. The van der Waals surface area contributed by atoms with E-state index in [1.807, 2.05) is 0 Å². The van der Waals surface area contributed by atoms with Crippen molar-refractivity contribution in [1.82, 2.24) is 0 Å². The van der Waals surface area contributed by atoms with E-state index in [2.05, 4.69) is 0 Å². The molecule has 0 amide bonds. The lowest BCUT2D eigenvalue weighted by Gasteiger charge is -2.25. The van der Waals surface area contributed by atoms with Crippen LogP contribution >= 0.6 is 23.2 Å². The molecule has 0 radical (unpaired) electrons. The van der Waals surface area contributed by atoms with Gasteiger partial charge in [-0.1, -0.05) is 23.2 Å². The Morgan fingerprint density at radius 1 is 1.18 bits per heavy atom. The minimum atomic E-state index is -1.10. The summed E-state index contributed by atoms with van der Waals surface area (Å²) in [5, 5.41) is -0.643. The molecule has 0 spiro atoms. The molecule has 0 heterocycles. The summed E-state index contributed by atoms with van der Waals surface area (Å²) in [7, 11) is 4.51. The molecule has 0 aromatic heterocycles. The van der Waals surface area contributed by atoms with E-state index in [-0.39, 0.29) is 5.78 Å². The summed E-state index contributed by atoms with van der Waals surface area (Å²) in [6.45, 7) is 0. The topological polar surface area (TPSA) is 44.8 Å². The molecule has 1 aliphatic carbocycles. The summed E-state index contributed by atoms with van der Waals surface area (Å²) in [6.07, 6.45) is 3.48. The molecule has 4 nitrogen and oxygen atoms in total. The van der Waals surface area contributed by atoms with Crippen LogP contribution in [-0.2, 0) is 4.74 Å². The fraction of sp³-hybridized carbons (Fsp3) is 0.312. The van der Waals surface area contributed by atoms with E-state index in [9.17, 15) is 4.79 Å². The van der Waals surface area contributed by atoms with Crippen LogP contribution in [0.3, 0.4) is 0 Å². The maximum Gasteiger partial charge on any atom is 0.193 e. The van der Waals surface area contributed by atoms with Crippen LogP contribution in [0.15, 0.2) is 41.0 Å². The van der Waals surface area contributed by atoms with Crippen molar-refractivity contribution in [2.75, 3.05) is 21.3 Å². The van der Waals surface area contributed by atoms with Crippen molar-refractivity contribution in [3.05, 3.63) is 46.5 Å². The first-order valence-electron chi connectivity index (χ1n) is 6.52. The number of halogens is 2. The summed E-state index contributed by atoms with van der Waals surface area (Å²) in [6, 6.07) is 4.94. The van der Waals surface area contributed by atoms with Gasteiger partial charge in [0.15, 0.2) is 22.3 Å². The van der Waals surface area contributed by atoms with Crippen LogP contribution in [0, 0.1) is 0 Å². The largest absolute Gasteiger partial charge is 0.493 e. The Labute approximate surface area is 139 Å². The number of carbonyl (C=O) groups is 1. The lowest BCUT2D eigenvalue weighted by Crippen LogP contribution is -2.25. The van der Waals surface area contributed by atoms with E-state index >= 15 is 0 Å². The Kier molecular flexibility index (Phi) is 5.16. The predicted molar refractivity (Wildman–Crippen MR) is 86.1 cm³/mol. The number of rotatable bonds is 5. The number of methoxy groups -OCH3 is 3. The normalized spacial score (nSPS) is 21.0. The van der Waals surface area contributed by atoms with E-state index in [4.69, 9.17) is 37.4 Å². The van der Waals surface area contributed by atoms with Gasteiger partial charge in [0.1, 0.15) is 0 Å². The van der Waals surface area contributed by atoms with Crippen molar-refractivity contribution < 1.29 is 19.0 Å². The van der Waals surface area contributed by atoms with Gasteiger partial charge in [0.05, 0.1) is 14.2 Å². The van der Waals surface area contributed by atoms with Crippen molar-refractivity contribution in [3.8, 4) is 11.5 Å². The minimum absolute atomic E-state index is 0.221. The maximum atomic E-state index is 12.6. The Bertz CT molecular complexity index is 652. The second-order valence-electron chi connectivity index (χ2n) is 4.76. The maximum absolute atomic E-state index is 12.6. The zero-order valence-corrected chi connectivity index (χ0v) is 14.0. The Morgan fingerprint density at radius 2 is 1.86 bits per heavy atom. The number of carbonyl (C=O) groups excluding carboxylic acids is 1. The fourth-order valence-corrected chi connectivity index (χ4v) is 2.83. The van der Waals surface area contributed by atoms with Crippen molar-refractivity contribution in [2.24, 2.45) is 0 Å². The van der Waals surface area contributed by atoms with Gasteiger partial charge in [-0.15, -0.1) is 0 Å². The van der Waals surface area contributed by atoms with Gasteiger partial charge < -0.3 is 14.2 Å². The average molecular weight is 343 g/mol. The summed E-state index contributed by atoms with van der Waals surface area (Å²) >= 11 is 12.3. The molecule has 1 aromatic carbocycles. The third kappa shape index (κ3) is 3.46. The molecule has 1 aliphatic rings. The Morgan fingerprint density at radius 3 is 2.45 bits per heavy atom. The van der Waals surface area contributed by atoms with E-state index in [0.29, 0.717) is 34.1 Å². The summed E-state index contributed by atoms with van der Waals surface area (Å²) in [5.41, 5.74) is 0.821. The van der Waals surface area contributed by atoms with Crippen LogP contribution in [0.4, 0.5) is 0 Å². The lowest BCUT2D eigenvalue weighted by molar-refractivity contribution is 0.0974. The SMILES string of the molecule is COc1ccc(C(=O)C2=CC(Cl)(OC)CC(Cl)=C2)cc1OC. The van der Waals surface area contributed by atoms with Gasteiger partial charge in [-0.25, -0.2) is 0 Å². The van der Waals surface area contributed by atoms with Crippen LogP contribution in [0.25, 0.3) is 0 Å². The third-order valence-electron chi connectivity index (χ3n) is 3.34. The molecule has 22 heavy (non-hydrogen) atoms. The standard InChI is InChI=1S/C16H16Cl2O4/c1-20-13-5-4-10(7-14(13)21-2)15(19)11-6-12(17)9-16(18,8-11)22-3/h4-8H,9H2,1-3H3. The molecule has 0 bridgehead atoms. The summed E-state index contributed by atoms with van der Waals surface area (Å²) in [5.74, 6) is 0.804. The summed E-state index contributed by atoms with van der Waals surface area (Å²) < 4.78 is 15.6. The van der Waals surface area contributed by atoms with E-state index in [1.165, 1.54) is 21.3 Å². The first-order valence-corrected chi connectivity index (χ1v) is 7.27. The fourth-order valence-electron chi connectivity index (χ4n) is 2.18. The molecule has 0 fully saturated rings. The highest BCUT2D eigenvalue weighted by Crippen LogP contribution is 2.36. The number of hydrogen-bond donors (Lipinski definition) is 0. The Balaban J connectivity index is 2.39. The second kappa shape index (κ2) is 6.73. The predicted octanol–water partition coefficient (Wildman–Crippen LogP) is 3.92. The Hall–Kier alpha value is -1.49. The molecule has 0 N–H and O–H groups in total. The van der Waals surface area contributed by atoms with Crippen LogP contribution in [0.5, 0.6) is 11.5 Å². The first kappa shape index (κ1) is 16.9. The number of allylic oxidation sites excluding steroid dienone is 2.